The highest BCUT2D eigenvalue weighted by atomic mass is 127. The number of carbonyl (C=O) groups is 2. The maximum atomic E-state index is 11.5. The Balaban J connectivity index is 2.03. The Morgan fingerprint density at radius 1 is 1.59 bits per heavy atom. The molecule has 0 aliphatic carbocycles. The zero-order chi connectivity index (χ0) is 16.1. The van der Waals surface area contributed by atoms with E-state index >= 15 is 0 Å². The molecular weight excluding hydrogens is 421 g/mol. The predicted octanol–water partition coefficient (Wildman–Crippen LogP) is 1.70. The average Bonchev–Trinajstić information content (AvgIpc) is 2.80. The standard InChI is InChI=1S/C13H12IN3O4S/c1-21-9-4-7(2-3-8(9)14)6-15-17-13-16-12(20)10(22-13)5-11(18)19/h2-4,6,10H,5H2,1H3,(H,18,19)(H,16,17,20). The lowest BCUT2D eigenvalue weighted by Gasteiger charge is -2.02. The van der Waals surface area contributed by atoms with Gasteiger partial charge in [-0.05, 0) is 40.3 Å². The van der Waals surface area contributed by atoms with E-state index in [-0.39, 0.29) is 12.3 Å². The first-order valence-electron chi connectivity index (χ1n) is 6.13. The van der Waals surface area contributed by atoms with Crippen molar-refractivity contribution in [1.29, 1.82) is 0 Å². The number of benzene rings is 1. The first-order valence-corrected chi connectivity index (χ1v) is 8.09. The molecule has 0 radical (unpaired) electrons. The van der Waals surface area contributed by atoms with E-state index in [1.807, 2.05) is 18.2 Å². The first kappa shape index (κ1) is 16.7. The number of aliphatic carboxylic acids is 1. The quantitative estimate of drug-likeness (QED) is 0.418. The van der Waals surface area contributed by atoms with Gasteiger partial charge in [0.25, 0.3) is 0 Å². The van der Waals surface area contributed by atoms with Gasteiger partial charge in [-0.25, -0.2) is 0 Å². The van der Waals surface area contributed by atoms with Crippen LogP contribution < -0.4 is 10.1 Å². The van der Waals surface area contributed by atoms with Gasteiger partial charge in [-0.1, -0.05) is 17.8 Å². The molecule has 0 aromatic heterocycles. The summed E-state index contributed by atoms with van der Waals surface area (Å²) >= 11 is 3.22. The molecule has 1 amide bonds. The Morgan fingerprint density at radius 3 is 3.05 bits per heavy atom. The van der Waals surface area contributed by atoms with Crippen LogP contribution in [-0.4, -0.2) is 40.7 Å². The summed E-state index contributed by atoms with van der Waals surface area (Å²) in [5.74, 6) is -0.650. The molecule has 7 nitrogen and oxygen atoms in total. The van der Waals surface area contributed by atoms with Gasteiger partial charge in [0, 0.05) is 0 Å². The predicted molar refractivity (Wildman–Crippen MR) is 92.5 cm³/mol. The van der Waals surface area contributed by atoms with Crippen LogP contribution in [0.5, 0.6) is 5.75 Å². The molecule has 1 unspecified atom stereocenters. The zero-order valence-corrected chi connectivity index (χ0v) is 14.4. The average molecular weight is 433 g/mol. The minimum absolute atomic E-state index is 0.243. The lowest BCUT2D eigenvalue weighted by atomic mass is 10.2. The van der Waals surface area contributed by atoms with Gasteiger partial charge in [0.15, 0.2) is 5.17 Å². The second-order valence-electron chi connectivity index (χ2n) is 4.24. The number of hydrogen-bond donors (Lipinski definition) is 2. The van der Waals surface area contributed by atoms with Gasteiger partial charge in [-0.2, -0.15) is 5.10 Å². The Labute approximate surface area is 144 Å². The number of carboxylic acids is 1. The van der Waals surface area contributed by atoms with E-state index < -0.39 is 11.2 Å². The van der Waals surface area contributed by atoms with Gasteiger partial charge in [0.2, 0.25) is 5.91 Å². The maximum absolute atomic E-state index is 11.5. The Hall–Kier alpha value is -1.62. The van der Waals surface area contributed by atoms with Crippen molar-refractivity contribution in [3.05, 3.63) is 27.3 Å². The molecule has 22 heavy (non-hydrogen) atoms. The van der Waals surface area contributed by atoms with Gasteiger partial charge in [0.1, 0.15) is 11.0 Å². The Bertz CT molecular complexity index is 663. The van der Waals surface area contributed by atoms with E-state index in [9.17, 15) is 9.59 Å². The van der Waals surface area contributed by atoms with Gasteiger partial charge in [0.05, 0.1) is 23.3 Å². The van der Waals surface area contributed by atoms with Crippen molar-refractivity contribution < 1.29 is 19.4 Å². The molecule has 0 saturated carbocycles. The number of carboxylic acid groups (broad SMARTS) is 1. The van der Waals surface area contributed by atoms with Crippen molar-refractivity contribution in [3.8, 4) is 5.75 Å². The number of rotatable bonds is 5. The molecule has 0 spiro atoms. The molecule has 1 atom stereocenters. The molecule has 9 heteroatoms. The number of amides is 1. The summed E-state index contributed by atoms with van der Waals surface area (Å²) in [6.07, 6.45) is 1.29. The SMILES string of the molecule is COc1cc(C=NN=C2NC(=O)C(CC(=O)O)S2)ccc1I. The van der Waals surface area contributed by atoms with Crippen LogP contribution in [0.2, 0.25) is 0 Å². The molecule has 1 heterocycles. The van der Waals surface area contributed by atoms with Crippen molar-refractivity contribution >= 4 is 57.6 Å². The number of nitrogens with zero attached hydrogens (tertiary/aromatic N) is 2. The summed E-state index contributed by atoms with van der Waals surface area (Å²) in [7, 11) is 1.59. The van der Waals surface area contributed by atoms with Gasteiger partial charge in [-0.15, -0.1) is 5.10 Å². The second kappa shape index (κ2) is 7.58. The smallest absolute Gasteiger partial charge is 0.305 e. The molecule has 2 N–H and O–H groups in total. The van der Waals surface area contributed by atoms with Crippen LogP contribution >= 0.6 is 34.4 Å². The van der Waals surface area contributed by atoms with Crippen molar-refractivity contribution in [3.63, 3.8) is 0 Å². The lowest BCUT2D eigenvalue weighted by Crippen LogP contribution is -2.26. The van der Waals surface area contributed by atoms with Crippen LogP contribution in [0.25, 0.3) is 0 Å². The molecule has 1 aromatic carbocycles. The molecular formula is C13H12IN3O4S. The van der Waals surface area contributed by atoms with Crippen molar-refractivity contribution in [2.24, 2.45) is 10.2 Å². The van der Waals surface area contributed by atoms with E-state index in [0.717, 1.165) is 26.6 Å². The Morgan fingerprint density at radius 2 is 2.36 bits per heavy atom. The molecule has 1 aromatic rings. The number of amidine groups is 1. The van der Waals surface area contributed by atoms with Gasteiger partial charge in [-0.3, -0.25) is 9.59 Å². The molecule has 1 fully saturated rings. The van der Waals surface area contributed by atoms with Gasteiger partial charge >= 0.3 is 5.97 Å². The van der Waals surface area contributed by atoms with Gasteiger partial charge < -0.3 is 15.2 Å². The van der Waals surface area contributed by atoms with Crippen LogP contribution in [-0.2, 0) is 9.59 Å². The summed E-state index contributed by atoms with van der Waals surface area (Å²) in [4.78, 5) is 22.1. The fraction of sp³-hybridized carbons (Fsp3) is 0.231. The molecule has 1 aliphatic rings. The number of carbonyl (C=O) groups excluding carboxylic acids is 1. The van der Waals surface area contributed by atoms with Crippen LogP contribution in [0.4, 0.5) is 0 Å². The summed E-state index contributed by atoms with van der Waals surface area (Å²) in [5, 5.41) is 18.6. The highest BCUT2D eigenvalue weighted by molar-refractivity contribution is 14.1. The minimum atomic E-state index is -1.02. The minimum Gasteiger partial charge on any atom is -0.496 e. The molecule has 1 aliphatic heterocycles. The monoisotopic (exact) mass is 433 g/mol. The second-order valence-corrected chi connectivity index (χ2v) is 6.59. The molecule has 2 rings (SSSR count). The highest BCUT2D eigenvalue weighted by Gasteiger charge is 2.32. The van der Waals surface area contributed by atoms with E-state index in [1.165, 1.54) is 6.21 Å². The third kappa shape index (κ3) is 4.44. The molecule has 0 bridgehead atoms. The first-order chi connectivity index (χ1) is 10.5. The van der Waals surface area contributed by atoms with Crippen LogP contribution in [0.1, 0.15) is 12.0 Å². The molecule has 116 valence electrons. The van der Waals surface area contributed by atoms with E-state index in [1.54, 1.807) is 7.11 Å². The van der Waals surface area contributed by atoms with Crippen LogP contribution in [0.3, 0.4) is 0 Å². The number of thioether (sulfide) groups is 1. The lowest BCUT2D eigenvalue weighted by molar-refractivity contribution is -0.138. The van der Waals surface area contributed by atoms with Crippen molar-refractivity contribution in [1.82, 2.24) is 5.32 Å². The topological polar surface area (TPSA) is 100 Å². The van der Waals surface area contributed by atoms with E-state index in [2.05, 4.69) is 38.1 Å². The zero-order valence-electron chi connectivity index (χ0n) is 11.4. The number of methoxy groups -OCH3 is 1. The number of hydrogen-bond acceptors (Lipinski definition) is 6. The van der Waals surface area contributed by atoms with Crippen molar-refractivity contribution in [2.75, 3.05) is 7.11 Å². The van der Waals surface area contributed by atoms with Crippen LogP contribution in [0, 0.1) is 3.57 Å². The van der Waals surface area contributed by atoms with E-state index in [0.29, 0.717) is 5.17 Å². The molecule has 1 saturated heterocycles. The Kier molecular flexibility index (Phi) is 5.77. The summed E-state index contributed by atoms with van der Waals surface area (Å²) < 4.78 is 6.19. The highest BCUT2D eigenvalue weighted by Crippen LogP contribution is 2.23. The largest absolute Gasteiger partial charge is 0.496 e. The van der Waals surface area contributed by atoms with E-state index in [4.69, 9.17) is 9.84 Å². The summed E-state index contributed by atoms with van der Waals surface area (Å²) in [5.41, 5.74) is 0.804. The summed E-state index contributed by atoms with van der Waals surface area (Å²) in [6.45, 7) is 0. The normalized spacial score (nSPS) is 19.6. The van der Waals surface area contributed by atoms with Crippen LogP contribution in [0.15, 0.2) is 28.4 Å². The fourth-order valence-corrected chi connectivity index (χ4v) is 3.12. The third-order valence-corrected chi connectivity index (χ3v) is 4.63. The number of nitrogens with one attached hydrogen (secondary N) is 1. The maximum Gasteiger partial charge on any atom is 0.305 e. The summed E-state index contributed by atoms with van der Waals surface area (Å²) in [6, 6.07) is 5.57. The number of halogens is 1. The number of ether oxygens (including phenoxy) is 1. The third-order valence-electron chi connectivity index (χ3n) is 2.67. The fourth-order valence-electron chi connectivity index (χ4n) is 1.65. The van der Waals surface area contributed by atoms with Crippen molar-refractivity contribution in [2.45, 2.75) is 11.7 Å².